The molecule has 2 rings (SSSR count). The summed E-state index contributed by atoms with van der Waals surface area (Å²) in [6.45, 7) is -0.101. The summed E-state index contributed by atoms with van der Waals surface area (Å²) in [7, 11) is 0. The van der Waals surface area contributed by atoms with Crippen LogP contribution in [0.25, 0.3) is 0 Å². The molecule has 0 spiro atoms. The number of aryl methyl sites for hydroxylation is 1. The largest absolute Gasteiger partial charge is 0.394 e. The highest BCUT2D eigenvalue weighted by Crippen LogP contribution is 2.12. The van der Waals surface area contributed by atoms with Crippen LogP contribution in [0, 0.1) is 0 Å². The zero-order valence-corrected chi connectivity index (χ0v) is 11.9. The van der Waals surface area contributed by atoms with Crippen LogP contribution < -0.4 is 5.32 Å². The molecular weight excluding hydrogens is 264 g/mol. The molecule has 2 aromatic rings. The minimum Gasteiger partial charge on any atom is -0.394 e. The molecule has 0 fully saturated rings. The van der Waals surface area contributed by atoms with E-state index in [-0.39, 0.29) is 18.6 Å². The maximum Gasteiger partial charge on any atom is 0.220 e. The highest BCUT2D eigenvalue weighted by Gasteiger charge is 2.12. The molecule has 4 nitrogen and oxygen atoms in total. The molecule has 0 bridgehead atoms. The molecule has 0 aliphatic heterocycles. The fraction of sp³-hybridized carbons (Fsp3) is 0.294. The molecule has 0 radical (unpaired) electrons. The number of hydrogen-bond donors (Lipinski definition) is 2. The summed E-state index contributed by atoms with van der Waals surface area (Å²) < 4.78 is 0. The second kappa shape index (κ2) is 8.17. The molecule has 0 saturated heterocycles. The maximum absolute atomic E-state index is 11.9. The van der Waals surface area contributed by atoms with E-state index in [0.29, 0.717) is 6.42 Å². The average Bonchev–Trinajstić information content (AvgIpc) is 2.54. The standard InChI is InChI=1S/C17H20N2O2/c20-13-16(14-7-2-1-3-8-14)19-17(21)11-6-10-15-9-4-5-12-18-15/h1-5,7-9,12,16,20H,6,10-11,13H2,(H,19,21). The average molecular weight is 284 g/mol. The van der Waals surface area contributed by atoms with Gasteiger partial charge in [0.25, 0.3) is 0 Å². The van der Waals surface area contributed by atoms with E-state index < -0.39 is 0 Å². The fourth-order valence-corrected chi connectivity index (χ4v) is 2.16. The summed E-state index contributed by atoms with van der Waals surface area (Å²) in [4.78, 5) is 16.2. The van der Waals surface area contributed by atoms with E-state index in [1.54, 1.807) is 6.20 Å². The lowest BCUT2D eigenvalue weighted by Gasteiger charge is -2.16. The lowest BCUT2D eigenvalue weighted by molar-refractivity contribution is -0.122. The van der Waals surface area contributed by atoms with Crippen LogP contribution in [0.4, 0.5) is 0 Å². The van der Waals surface area contributed by atoms with Crippen LogP contribution in [-0.2, 0) is 11.2 Å². The highest BCUT2D eigenvalue weighted by molar-refractivity contribution is 5.76. The topological polar surface area (TPSA) is 62.2 Å². The van der Waals surface area contributed by atoms with E-state index in [0.717, 1.165) is 24.1 Å². The Labute approximate surface area is 124 Å². The molecule has 1 aromatic heterocycles. The molecule has 1 aromatic carbocycles. The van der Waals surface area contributed by atoms with Crippen molar-refractivity contribution in [2.24, 2.45) is 0 Å². The van der Waals surface area contributed by atoms with Crippen molar-refractivity contribution in [3.63, 3.8) is 0 Å². The van der Waals surface area contributed by atoms with Crippen LogP contribution in [0.3, 0.4) is 0 Å². The minimum atomic E-state index is -0.339. The number of aliphatic hydroxyl groups is 1. The smallest absolute Gasteiger partial charge is 0.220 e. The Balaban J connectivity index is 1.78. The Morgan fingerprint density at radius 2 is 1.90 bits per heavy atom. The second-order valence-electron chi connectivity index (χ2n) is 4.89. The number of pyridine rings is 1. The van der Waals surface area contributed by atoms with Gasteiger partial charge in [0, 0.05) is 18.3 Å². The van der Waals surface area contributed by atoms with Gasteiger partial charge in [0.05, 0.1) is 12.6 Å². The van der Waals surface area contributed by atoms with Gasteiger partial charge in [-0.15, -0.1) is 0 Å². The molecule has 0 aliphatic rings. The summed E-state index contributed by atoms with van der Waals surface area (Å²) in [5, 5.41) is 12.3. The number of aliphatic hydroxyl groups excluding tert-OH is 1. The molecule has 21 heavy (non-hydrogen) atoms. The summed E-state index contributed by atoms with van der Waals surface area (Å²) in [6, 6.07) is 14.9. The first-order valence-electron chi connectivity index (χ1n) is 7.14. The van der Waals surface area contributed by atoms with Crippen molar-refractivity contribution in [1.29, 1.82) is 0 Å². The van der Waals surface area contributed by atoms with E-state index in [1.165, 1.54) is 0 Å². The monoisotopic (exact) mass is 284 g/mol. The number of aromatic nitrogens is 1. The number of hydrogen-bond acceptors (Lipinski definition) is 3. The van der Waals surface area contributed by atoms with Gasteiger partial charge in [0.2, 0.25) is 5.91 Å². The predicted molar refractivity (Wildman–Crippen MR) is 81.6 cm³/mol. The lowest BCUT2D eigenvalue weighted by atomic mass is 10.1. The van der Waals surface area contributed by atoms with Crippen molar-refractivity contribution in [2.75, 3.05) is 6.61 Å². The molecule has 0 saturated carbocycles. The van der Waals surface area contributed by atoms with Crippen LogP contribution in [0.2, 0.25) is 0 Å². The minimum absolute atomic E-state index is 0.0474. The second-order valence-corrected chi connectivity index (χ2v) is 4.89. The first-order valence-corrected chi connectivity index (χ1v) is 7.14. The molecule has 1 heterocycles. The van der Waals surface area contributed by atoms with Gasteiger partial charge in [-0.2, -0.15) is 0 Å². The number of amides is 1. The van der Waals surface area contributed by atoms with Crippen LogP contribution in [0.1, 0.15) is 30.1 Å². The van der Waals surface area contributed by atoms with E-state index in [9.17, 15) is 9.90 Å². The summed E-state index contributed by atoms with van der Waals surface area (Å²) in [6.07, 6.45) is 3.71. The normalized spacial score (nSPS) is 11.9. The zero-order chi connectivity index (χ0) is 14.9. The quantitative estimate of drug-likeness (QED) is 0.819. The number of nitrogens with one attached hydrogen (secondary N) is 1. The first-order chi connectivity index (χ1) is 10.3. The summed E-state index contributed by atoms with van der Waals surface area (Å²) >= 11 is 0. The van der Waals surface area contributed by atoms with E-state index in [4.69, 9.17) is 0 Å². The van der Waals surface area contributed by atoms with Gasteiger partial charge in [-0.3, -0.25) is 9.78 Å². The Morgan fingerprint density at radius 1 is 1.14 bits per heavy atom. The molecule has 1 amide bonds. The van der Waals surface area contributed by atoms with Gasteiger partial charge in [-0.25, -0.2) is 0 Å². The number of carbonyl (C=O) groups is 1. The Bertz CT molecular complexity index is 543. The lowest BCUT2D eigenvalue weighted by Crippen LogP contribution is -2.30. The van der Waals surface area contributed by atoms with Gasteiger partial charge in [-0.05, 0) is 30.5 Å². The third kappa shape index (κ3) is 5.00. The third-order valence-electron chi connectivity index (χ3n) is 3.28. The van der Waals surface area contributed by atoms with Crippen molar-refractivity contribution >= 4 is 5.91 Å². The molecule has 0 aliphatic carbocycles. The third-order valence-corrected chi connectivity index (χ3v) is 3.28. The predicted octanol–water partition coefficient (Wildman–Crippen LogP) is 2.25. The van der Waals surface area contributed by atoms with Crippen molar-refractivity contribution < 1.29 is 9.90 Å². The van der Waals surface area contributed by atoms with Crippen LogP contribution >= 0.6 is 0 Å². The molecule has 1 atom stereocenters. The molecule has 2 N–H and O–H groups in total. The molecule has 110 valence electrons. The SMILES string of the molecule is O=C(CCCc1ccccn1)NC(CO)c1ccccc1. The van der Waals surface area contributed by atoms with Crippen molar-refractivity contribution in [3.05, 3.63) is 66.0 Å². The first kappa shape index (κ1) is 15.2. The van der Waals surface area contributed by atoms with Crippen LogP contribution in [0.15, 0.2) is 54.7 Å². The van der Waals surface area contributed by atoms with Crippen molar-refractivity contribution in [1.82, 2.24) is 10.3 Å². The van der Waals surface area contributed by atoms with Gasteiger partial charge >= 0.3 is 0 Å². The fourth-order valence-electron chi connectivity index (χ4n) is 2.16. The Hall–Kier alpha value is -2.20. The van der Waals surface area contributed by atoms with Crippen LogP contribution in [0.5, 0.6) is 0 Å². The number of rotatable bonds is 7. The van der Waals surface area contributed by atoms with E-state index in [1.807, 2.05) is 48.5 Å². The number of nitrogens with zero attached hydrogens (tertiary/aromatic N) is 1. The summed E-state index contributed by atoms with van der Waals surface area (Å²) in [5.41, 5.74) is 1.91. The Kier molecular flexibility index (Phi) is 5.91. The van der Waals surface area contributed by atoms with Crippen LogP contribution in [-0.4, -0.2) is 22.6 Å². The number of benzene rings is 1. The molecule has 4 heteroatoms. The maximum atomic E-state index is 11.9. The number of carbonyl (C=O) groups excluding carboxylic acids is 1. The van der Waals surface area contributed by atoms with Gasteiger partial charge < -0.3 is 10.4 Å². The van der Waals surface area contributed by atoms with Gasteiger partial charge in [0.15, 0.2) is 0 Å². The van der Waals surface area contributed by atoms with E-state index >= 15 is 0 Å². The van der Waals surface area contributed by atoms with Crippen molar-refractivity contribution in [2.45, 2.75) is 25.3 Å². The van der Waals surface area contributed by atoms with E-state index in [2.05, 4.69) is 10.3 Å². The molecule has 1 unspecified atom stereocenters. The van der Waals surface area contributed by atoms with Gasteiger partial charge in [-0.1, -0.05) is 36.4 Å². The zero-order valence-electron chi connectivity index (χ0n) is 11.9. The highest BCUT2D eigenvalue weighted by atomic mass is 16.3. The Morgan fingerprint density at radius 3 is 2.57 bits per heavy atom. The van der Waals surface area contributed by atoms with Crippen molar-refractivity contribution in [3.8, 4) is 0 Å². The molecular formula is C17H20N2O2. The summed E-state index contributed by atoms with van der Waals surface area (Å²) in [5.74, 6) is -0.0474. The van der Waals surface area contributed by atoms with Gasteiger partial charge in [0.1, 0.15) is 0 Å².